The van der Waals surface area contributed by atoms with Crippen LogP contribution in [-0.4, -0.2) is 4.98 Å². The Morgan fingerprint density at radius 2 is 2.67 bits per heavy atom. The molecule has 1 radical (unpaired) electrons. The van der Waals surface area contributed by atoms with Crippen molar-refractivity contribution in [1.29, 1.82) is 0 Å². The van der Waals surface area contributed by atoms with Crippen LogP contribution < -0.4 is 0 Å². The average molecular weight is 138 g/mol. The lowest BCUT2D eigenvalue weighted by molar-refractivity contribution is 1.20. The van der Waals surface area contributed by atoms with E-state index in [2.05, 4.69) is 18.0 Å². The molecule has 0 spiro atoms. The van der Waals surface area contributed by atoms with E-state index in [0.29, 0.717) is 0 Å². The molecule has 1 aromatic heterocycles. The number of rotatable bonds is 3. The van der Waals surface area contributed by atoms with Crippen molar-refractivity contribution in [3.05, 3.63) is 35.7 Å². The summed E-state index contributed by atoms with van der Waals surface area (Å²) >= 11 is 1.65. The molecule has 1 aromatic rings. The predicted octanol–water partition coefficient (Wildman–Crippen LogP) is 2.27. The van der Waals surface area contributed by atoms with Crippen LogP contribution in [0.15, 0.2) is 24.2 Å². The van der Waals surface area contributed by atoms with Crippen molar-refractivity contribution in [2.45, 2.75) is 6.42 Å². The number of hydrogen-bond acceptors (Lipinski definition) is 2. The van der Waals surface area contributed by atoms with Gasteiger partial charge in [0, 0.05) is 18.0 Å². The molecule has 0 unspecified atom stereocenters. The van der Waals surface area contributed by atoms with Crippen LogP contribution in [0.1, 0.15) is 11.4 Å². The van der Waals surface area contributed by atoms with Crippen LogP contribution in [0.4, 0.5) is 0 Å². The Kier molecular flexibility index (Phi) is 2.46. The van der Waals surface area contributed by atoms with Crippen molar-refractivity contribution >= 4 is 11.3 Å². The smallest absolute Gasteiger partial charge is 0.0966 e. The molecule has 0 bridgehead atoms. The third-order valence-corrected chi connectivity index (χ3v) is 1.68. The fourth-order valence-electron chi connectivity index (χ4n) is 0.519. The van der Waals surface area contributed by atoms with Gasteiger partial charge in [0.1, 0.15) is 0 Å². The van der Waals surface area contributed by atoms with Gasteiger partial charge in [0.15, 0.2) is 0 Å². The highest BCUT2D eigenvalue weighted by atomic mass is 32.1. The summed E-state index contributed by atoms with van der Waals surface area (Å²) in [7, 11) is 0. The van der Waals surface area contributed by atoms with Crippen LogP contribution >= 0.6 is 11.3 Å². The number of aromatic nitrogens is 1. The molecular weight excluding hydrogens is 130 g/mol. The van der Waals surface area contributed by atoms with Crippen LogP contribution in [-0.2, 0) is 0 Å². The van der Waals surface area contributed by atoms with Crippen LogP contribution in [0.2, 0.25) is 0 Å². The molecule has 0 amide bonds. The molecule has 1 heterocycles. The molecule has 0 saturated carbocycles. The molecule has 0 aromatic carbocycles. The van der Waals surface area contributed by atoms with Crippen LogP contribution in [0.5, 0.6) is 0 Å². The maximum absolute atomic E-state index is 4.07. The zero-order valence-corrected chi connectivity index (χ0v) is 5.90. The third-order valence-electron chi connectivity index (χ3n) is 0.911. The topological polar surface area (TPSA) is 12.9 Å². The Labute approximate surface area is 59.1 Å². The van der Waals surface area contributed by atoms with Crippen molar-refractivity contribution in [3.63, 3.8) is 0 Å². The minimum atomic E-state index is 0.910. The fourth-order valence-corrected chi connectivity index (χ4v) is 1.09. The van der Waals surface area contributed by atoms with E-state index >= 15 is 0 Å². The third kappa shape index (κ3) is 1.98. The summed E-state index contributed by atoms with van der Waals surface area (Å²) in [6.45, 7) is 3.61. The first-order valence-corrected chi connectivity index (χ1v) is 3.65. The Balaban J connectivity index is 2.38. The quantitative estimate of drug-likeness (QED) is 0.584. The minimum absolute atomic E-state index is 0.910. The Morgan fingerprint density at radius 3 is 3.22 bits per heavy atom. The minimum Gasteiger partial charge on any atom is -0.249 e. The average Bonchev–Trinajstić information content (AvgIpc) is 2.34. The molecule has 2 heteroatoms. The van der Waals surface area contributed by atoms with Gasteiger partial charge in [0.25, 0.3) is 0 Å². The summed E-state index contributed by atoms with van der Waals surface area (Å²) in [5, 5.41) is 3.05. The SMILES string of the molecule is C=CC[CH]c1nccs1. The molecule has 0 fully saturated rings. The second-order valence-corrected chi connectivity index (χ2v) is 2.52. The highest BCUT2D eigenvalue weighted by Crippen LogP contribution is 2.08. The van der Waals surface area contributed by atoms with Gasteiger partial charge in [-0.1, -0.05) is 6.08 Å². The lowest BCUT2D eigenvalue weighted by atomic mass is 10.3. The molecule has 0 aliphatic rings. The lowest BCUT2D eigenvalue weighted by Gasteiger charge is -1.85. The first-order valence-electron chi connectivity index (χ1n) is 2.77. The summed E-state index contributed by atoms with van der Waals surface area (Å²) < 4.78 is 0. The summed E-state index contributed by atoms with van der Waals surface area (Å²) in [5.41, 5.74) is 0. The Hall–Kier alpha value is -0.630. The largest absolute Gasteiger partial charge is 0.249 e. The van der Waals surface area contributed by atoms with Gasteiger partial charge in [-0.3, -0.25) is 0 Å². The van der Waals surface area contributed by atoms with E-state index in [1.807, 2.05) is 11.5 Å². The first-order chi connectivity index (χ1) is 4.43. The first kappa shape index (κ1) is 6.49. The van der Waals surface area contributed by atoms with Gasteiger partial charge in [0.05, 0.1) is 5.01 Å². The van der Waals surface area contributed by atoms with Crippen molar-refractivity contribution < 1.29 is 0 Å². The maximum atomic E-state index is 4.07. The summed E-state index contributed by atoms with van der Waals surface area (Å²) in [6, 6.07) is 0. The maximum Gasteiger partial charge on any atom is 0.0966 e. The van der Waals surface area contributed by atoms with E-state index in [9.17, 15) is 0 Å². The van der Waals surface area contributed by atoms with Crippen molar-refractivity contribution in [1.82, 2.24) is 4.98 Å². The molecule has 0 N–H and O–H groups in total. The molecule has 0 saturated heterocycles. The van der Waals surface area contributed by atoms with E-state index < -0.39 is 0 Å². The highest BCUT2D eigenvalue weighted by molar-refractivity contribution is 7.09. The zero-order chi connectivity index (χ0) is 6.53. The standard InChI is InChI=1S/C7H8NS/c1-2-3-4-7-8-5-6-9-7/h2,4-6H,1,3H2. The number of thiazole rings is 1. The van der Waals surface area contributed by atoms with Gasteiger partial charge in [-0.15, -0.1) is 17.9 Å². The molecule has 0 aliphatic heterocycles. The molecule has 47 valence electrons. The molecule has 1 nitrogen and oxygen atoms in total. The van der Waals surface area contributed by atoms with Crippen molar-refractivity contribution in [3.8, 4) is 0 Å². The van der Waals surface area contributed by atoms with Crippen LogP contribution in [0, 0.1) is 6.42 Å². The van der Waals surface area contributed by atoms with Crippen molar-refractivity contribution in [2.24, 2.45) is 0 Å². The summed E-state index contributed by atoms with van der Waals surface area (Å²) in [6.07, 6.45) is 6.63. The van der Waals surface area contributed by atoms with E-state index in [1.54, 1.807) is 17.5 Å². The van der Waals surface area contributed by atoms with E-state index in [1.165, 1.54) is 0 Å². The normalized spacial score (nSPS) is 9.33. The monoisotopic (exact) mass is 138 g/mol. The van der Waals surface area contributed by atoms with Gasteiger partial charge >= 0.3 is 0 Å². The molecule has 1 rings (SSSR count). The second kappa shape index (κ2) is 3.41. The molecule has 0 aliphatic carbocycles. The number of nitrogens with zero attached hydrogens (tertiary/aromatic N) is 1. The van der Waals surface area contributed by atoms with E-state index in [0.717, 1.165) is 11.4 Å². The predicted molar refractivity (Wildman–Crippen MR) is 40.3 cm³/mol. The zero-order valence-electron chi connectivity index (χ0n) is 5.08. The van der Waals surface area contributed by atoms with Crippen LogP contribution in [0.25, 0.3) is 0 Å². The molecule has 9 heavy (non-hydrogen) atoms. The van der Waals surface area contributed by atoms with Gasteiger partial charge in [-0.25, -0.2) is 4.98 Å². The van der Waals surface area contributed by atoms with Gasteiger partial charge in [-0.2, -0.15) is 0 Å². The number of hydrogen-bond donors (Lipinski definition) is 0. The summed E-state index contributed by atoms with van der Waals surface area (Å²) in [5.74, 6) is 0. The van der Waals surface area contributed by atoms with E-state index in [-0.39, 0.29) is 0 Å². The van der Waals surface area contributed by atoms with Gasteiger partial charge in [-0.05, 0) is 6.42 Å². The highest BCUT2D eigenvalue weighted by Gasteiger charge is 1.90. The van der Waals surface area contributed by atoms with E-state index in [4.69, 9.17) is 0 Å². The van der Waals surface area contributed by atoms with Crippen LogP contribution in [0.3, 0.4) is 0 Å². The Bertz CT molecular complexity index is 167. The second-order valence-electron chi connectivity index (χ2n) is 1.60. The molecular formula is C7H8NS. The summed E-state index contributed by atoms with van der Waals surface area (Å²) in [4.78, 5) is 4.07. The lowest BCUT2D eigenvalue weighted by Crippen LogP contribution is -1.74. The van der Waals surface area contributed by atoms with Crippen molar-refractivity contribution in [2.75, 3.05) is 0 Å². The van der Waals surface area contributed by atoms with Gasteiger partial charge in [0.2, 0.25) is 0 Å². The number of allylic oxidation sites excluding steroid dienone is 1. The Morgan fingerprint density at radius 1 is 1.78 bits per heavy atom. The molecule has 0 atom stereocenters. The van der Waals surface area contributed by atoms with Gasteiger partial charge < -0.3 is 0 Å². The fraction of sp³-hybridized carbons (Fsp3) is 0.143.